The summed E-state index contributed by atoms with van der Waals surface area (Å²) in [5.41, 5.74) is 0. The molecule has 14 heavy (non-hydrogen) atoms. The first-order valence-corrected chi connectivity index (χ1v) is 13.1. The monoisotopic (exact) mass is 404 g/mol. The summed E-state index contributed by atoms with van der Waals surface area (Å²) < 4.78 is 2.25. The van der Waals surface area contributed by atoms with Gasteiger partial charge in [0.15, 0.2) is 0 Å². The molecule has 3 atom stereocenters. The summed E-state index contributed by atoms with van der Waals surface area (Å²) in [5.74, 6) is 0. The fourth-order valence-electron chi connectivity index (χ4n) is 2.00. The second-order valence-electron chi connectivity index (χ2n) is 5.01. The Balaban J connectivity index is 3.44. The van der Waals surface area contributed by atoms with Crippen LogP contribution >= 0.6 is 12.6 Å². The fourth-order valence-corrected chi connectivity index (χ4v) is 11.4. The Labute approximate surface area is 108 Å². The van der Waals surface area contributed by atoms with E-state index >= 15 is 0 Å². The molecular formula is C12H26HgS. The van der Waals surface area contributed by atoms with Crippen molar-refractivity contribution in [3.05, 3.63) is 0 Å². The normalized spacial score (nSPS) is 17.2. The molecular weight excluding hydrogens is 377 g/mol. The number of hydrogen-bond donors (Lipinski definition) is 1. The molecule has 0 aliphatic carbocycles. The molecule has 0 radical (unpaired) electrons. The van der Waals surface area contributed by atoms with Gasteiger partial charge in [-0.05, 0) is 0 Å². The van der Waals surface area contributed by atoms with Crippen molar-refractivity contribution in [3.8, 4) is 0 Å². The quantitative estimate of drug-likeness (QED) is 0.430. The zero-order valence-corrected chi connectivity index (χ0v) is 16.8. The number of hydrogen-bond acceptors (Lipinski definition) is 1. The predicted octanol–water partition coefficient (Wildman–Crippen LogP) is 4.97. The molecule has 0 N–H and O–H groups in total. The molecule has 0 rings (SSSR count). The molecule has 0 bridgehead atoms. The van der Waals surface area contributed by atoms with E-state index in [-0.39, 0.29) is 0 Å². The van der Waals surface area contributed by atoms with Crippen LogP contribution in [0.5, 0.6) is 0 Å². The van der Waals surface area contributed by atoms with E-state index in [9.17, 15) is 0 Å². The maximum absolute atomic E-state index is 4.44. The van der Waals surface area contributed by atoms with E-state index in [1.54, 1.807) is 0 Å². The standard InChI is InChI=1S/C6H13S.C6H13.Hg/c1-3-4-5-6(2)7;1-3-5-6-4-2;/h3,6-7H,4-5H2,1-2H3;3H,4-6H2,1-2H3;. The second kappa shape index (κ2) is 9.51. The number of rotatable bonds is 8. The van der Waals surface area contributed by atoms with E-state index in [2.05, 4.69) is 40.3 Å². The molecule has 0 aliphatic heterocycles. The van der Waals surface area contributed by atoms with Crippen molar-refractivity contribution in [2.75, 3.05) is 0 Å². The first-order chi connectivity index (χ1) is 6.56. The number of thiol groups is 1. The fraction of sp³-hybridized carbons (Fsp3) is 1.00. The summed E-state index contributed by atoms with van der Waals surface area (Å²) in [5, 5.41) is 0.608. The van der Waals surface area contributed by atoms with E-state index in [1.807, 2.05) is 0 Å². The Kier molecular flexibility index (Phi) is 10.4. The average Bonchev–Trinajstić information content (AvgIpc) is 2.11. The van der Waals surface area contributed by atoms with Crippen LogP contribution in [0.2, 0.25) is 6.85 Å². The van der Waals surface area contributed by atoms with E-state index in [0.29, 0.717) is 5.25 Å². The summed E-state index contributed by atoms with van der Waals surface area (Å²) in [6, 6.07) is 0. The number of unbranched alkanes of at least 4 members (excludes halogenated alkanes) is 1. The van der Waals surface area contributed by atoms with Crippen LogP contribution in [0, 0.1) is 0 Å². The van der Waals surface area contributed by atoms with Gasteiger partial charge in [0.2, 0.25) is 0 Å². The van der Waals surface area contributed by atoms with Gasteiger partial charge >= 0.3 is 109 Å². The third-order valence-electron chi connectivity index (χ3n) is 2.93. The van der Waals surface area contributed by atoms with Crippen molar-refractivity contribution in [2.24, 2.45) is 0 Å². The molecule has 0 amide bonds. The maximum atomic E-state index is 4.44. The Morgan fingerprint density at radius 3 is 2.07 bits per heavy atom. The van der Waals surface area contributed by atoms with Crippen molar-refractivity contribution in [2.45, 2.75) is 71.9 Å². The van der Waals surface area contributed by atoms with Gasteiger partial charge in [0.05, 0.1) is 0 Å². The minimum absolute atomic E-state index is 0.581. The zero-order chi connectivity index (χ0) is 11.0. The molecule has 2 heteroatoms. The Hall–Kier alpha value is 1.29. The molecule has 0 fully saturated rings. The molecule has 0 aromatic carbocycles. The zero-order valence-electron chi connectivity index (χ0n) is 10.4. The van der Waals surface area contributed by atoms with Gasteiger partial charge in [-0.2, -0.15) is 0 Å². The van der Waals surface area contributed by atoms with Crippen LogP contribution in [-0.4, -0.2) is 5.25 Å². The molecule has 0 saturated heterocycles. The Morgan fingerprint density at radius 2 is 1.57 bits per heavy atom. The topological polar surface area (TPSA) is 0 Å². The Bertz CT molecular complexity index is 125. The molecule has 0 aromatic heterocycles. The van der Waals surface area contributed by atoms with Crippen molar-refractivity contribution >= 4 is 12.6 Å². The molecule has 0 spiro atoms. The van der Waals surface area contributed by atoms with Gasteiger partial charge in [0.25, 0.3) is 0 Å². The molecule has 0 saturated carbocycles. The van der Waals surface area contributed by atoms with Gasteiger partial charge in [-0.1, -0.05) is 0 Å². The first-order valence-electron chi connectivity index (χ1n) is 6.24. The van der Waals surface area contributed by atoms with Crippen LogP contribution in [-0.2, 0) is 24.6 Å². The summed E-state index contributed by atoms with van der Waals surface area (Å²) in [7, 11) is 0. The summed E-state index contributed by atoms with van der Waals surface area (Å²) in [4.78, 5) is 0. The summed E-state index contributed by atoms with van der Waals surface area (Å²) >= 11 is 3.86. The third-order valence-corrected chi connectivity index (χ3v) is 12.6. The van der Waals surface area contributed by atoms with E-state index in [4.69, 9.17) is 0 Å². The van der Waals surface area contributed by atoms with Crippen LogP contribution in [0.3, 0.4) is 0 Å². The van der Waals surface area contributed by atoms with E-state index in [0.717, 1.165) is 6.85 Å². The van der Waals surface area contributed by atoms with Gasteiger partial charge in [-0.25, -0.2) is 0 Å². The Morgan fingerprint density at radius 1 is 1.00 bits per heavy atom. The van der Waals surface area contributed by atoms with Crippen molar-refractivity contribution in [1.82, 2.24) is 0 Å². The van der Waals surface area contributed by atoms with Crippen LogP contribution in [0.15, 0.2) is 0 Å². The predicted molar refractivity (Wildman–Crippen MR) is 66.1 cm³/mol. The molecule has 0 aromatic rings. The molecule has 0 nitrogen and oxygen atoms in total. The third kappa shape index (κ3) is 9.83. The van der Waals surface area contributed by atoms with Crippen LogP contribution in [0.1, 0.15) is 59.8 Å². The van der Waals surface area contributed by atoms with Gasteiger partial charge in [0.1, 0.15) is 0 Å². The van der Waals surface area contributed by atoms with Gasteiger partial charge < -0.3 is 0 Å². The van der Waals surface area contributed by atoms with Crippen LogP contribution < -0.4 is 0 Å². The van der Waals surface area contributed by atoms with Crippen molar-refractivity contribution in [3.63, 3.8) is 0 Å². The summed E-state index contributed by atoms with van der Waals surface area (Å²) in [6.45, 7) is 9.50. The summed E-state index contributed by atoms with van der Waals surface area (Å²) in [6.07, 6.45) is 7.11. The van der Waals surface area contributed by atoms with Crippen molar-refractivity contribution in [1.29, 1.82) is 0 Å². The average molecular weight is 403 g/mol. The molecule has 0 aliphatic rings. The molecule has 3 unspecified atom stereocenters. The van der Waals surface area contributed by atoms with Gasteiger partial charge in [-0.3, -0.25) is 0 Å². The molecule has 0 heterocycles. The second-order valence-corrected chi connectivity index (χ2v) is 18.6. The van der Waals surface area contributed by atoms with Gasteiger partial charge in [0, 0.05) is 0 Å². The minimum atomic E-state index is -0.581. The van der Waals surface area contributed by atoms with E-state index in [1.165, 1.54) is 32.1 Å². The SMILES string of the molecule is CCCC[CH](C)[Hg][CH](C)CCC(C)S. The molecule has 82 valence electrons. The van der Waals surface area contributed by atoms with Crippen molar-refractivity contribution < 1.29 is 24.6 Å². The van der Waals surface area contributed by atoms with Crippen LogP contribution in [0.4, 0.5) is 0 Å². The first kappa shape index (κ1) is 15.3. The van der Waals surface area contributed by atoms with Gasteiger partial charge in [-0.15, -0.1) is 0 Å². The van der Waals surface area contributed by atoms with Crippen LogP contribution in [0.25, 0.3) is 0 Å². The van der Waals surface area contributed by atoms with E-state index < -0.39 is 24.6 Å².